The number of nitrogens with one attached hydrogen (secondary N) is 1. The maximum atomic E-state index is 13.4. The lowest BCUT2D eigenvalue weighted by molar-refractivity contribution is -0.105. The van der Waals surface area contributed by atoms with Gasteiger partial charge in [0, 0.05) is 17.1 Å². The van der Waals surface area contributed by atoms with Crippen molar-refractivity contribution in [1.82, 2.24) is 9.97 Å². The molecule has 7 heteroatoms. The molecule has 2 aromatic heterocycles. The number of amides is 1. The number of rotatable bonds is 3. The molecule has 0 aliphatic rings. The summed E-state index contributed by atoms with van der Waals surface area (Å²) in [7, 11) is 0. The summed E-state index contributed by atoms with van der Waals surface area (Å²) in [6.45, 7) is 0. The number of hydrogen-bond donors (Lipinski definition) is 1. The lowest BCUT2D eigenvalue weighted by atomic mass is 10.0. The van der Waals surface area contributed by atoms with Crippen molar-refractivity contribution in [2.75, 3.05) is 5.32 Å². The minimum absolute atomic E-state index is 0.125. The highest BCUT2D eigenvalue weighted by Crippen LogP contribution is 2.30. The number of carbonyl (C=O) groups excluding carboxylic acids is 1. The van der Waals surface area contributed by atoms with Gasteiger partial charge in [0.15, 0.2) is 17.5 Å². The second-order valence-corrected chi connectivity index (χ2v) is 4.49. The van der Waals surface area contributed by atoms with Crippen LogP contribution in [0.1, 0.15) is 0 Å². The van der Waals surface area contributed by atoms with Crippen LogP contribution in [-0.4, -0.2) is 16.4 Å². The van der Waals surface area contributed by atoms with Crippen LogP contribution in [0.3, 0.4) is 0 Å². The smallest absolute Gasteiger partial charge is 0.211 e. The third-order valence-electron chi connectivity index (χ3n) is 3.13. The highest BCUT2D eigenvalue weighted by Gasteiger charge is 2.14. The summed E-state index contributed by atoms with van der Waals surface area (Å²) in [6.07, 6.45) is 4.77. The van der Waals surface area contributed by atoms with Gasteiger partial charge in [0.25, 0.3) is 0 Å². The molecule has 2 heterocycles. The van der Waals surface area contributed by atoms with Gasteiger partial charge in [-0.3, -0.25) is 14.8 Å². The summed E-state index contributed by atoms with van der Waals surface area (Å²) in [5.41, 5.74) is 1.38. The van der Waals surface area contributed by atoms with Crippen molar-refractivity contribution in [3.63, 3.8) is 0 Å². The minimum Gasteiger partial charge on any atom is -0.327 e. The van der Waals surface area contributed by atoms with Crippen LogP contribution in [0.2, 0.25) is 0 Å². The maximum absolute atomic E-state index is 13.4. The fraction of sp³-hybridized carbons (Fsp3) is 0. The molecule has 1 N–H and O–H groups in total. The van der Waals surface area contributed by atoms with E-state index in [0.29, 0.717) is 28.6 Å². The fourth-order valence-electron chi connectivity index (χ4n) is 2.13. The number of benzene rings is 1. The van der Waals surface area contributed by atoms with Gasteiger partial charge in [0.05, 0.1) is 23.6 Å². The van der Waals surface area contributed by atoms with Crippen LogP contribution in [0.5, 0.6) is 0 Å². The van der Waals surface area contributed by atoms with Crippen LogP contribution in [0, 0.1) is 17.5 Å². The van der Waals surface area contributed by atoms with Crippen molar-refractivity contribution < 1.29 is 18.0 Å². The molecule has 1 amide bonds. The topological polar surface area (TPSA) is 54.9 Å². The van der Waals surface area contributed by atoms with Crippen LogP contribution < -0.4 is 5.32 Å². The van der Waals surface area contributed by atoms with Crippen LogP contribution >= 0.6 is 0 Å². The van der Waals surface area contributed by atoms with E-state index >= 15 is 0 Å². The van der Waals surface area contributed by atoms with Crippen LogP contribution in [0.15, 0.2) is 36.8 Å². The van der Waals surface area contributed by atoms with Gasteiger partial charge in [-0.2, -0.15) is 0 Å². The molecule has 3 aromatic rings. The molecular formula is C15H8F3N3O. The quantitative estimate of drug-likeness (QED) is 0.597. The number of pyridine rings is 2. The number of fused-ring (bicyclic) bond motifs is 1. The van der Waals surface area contributed by atoms with E-state index in [4.69, 9.17) is 0 Å². The molecule has 0 unspecified atom stereocenters. The monoisotopic (exact) mass is 303 g/mol. The van der Waals surface area contributed by atoms with E-state index in [0.717, 1.165) is 12.1 Å². The molecule has 0 bridgehead atoms. The molecule has 0 fully saturated rings. The molecule has 0 spiro atoms. The second kappa shape index (κ2) is 5.44. The number of halogens is 3. The maximum Gasteiger partial charge on any atom is 0.211 e. The summed E-state index contributed by atoms with van der Waals surface area (Å²) < 4.78 is 39.9. The van der Waals surface area contributed by atoms with Gasteiger partial charge in [-0.15, -0.1) is 0 Å². The second-order valence-electron chi connectivity index (χ2n) is 4.49. The zero-order chi connectivity index (χ0) is 15.7. The van der Waals surface area contributed by atoms with Gasteiger partial charge in [-0.25, -0.2) is 13.2 Å². The van der Waals surface area contributed by atoms with Crippen molar-refractivity contribution in [2.45, 2.75) is 0 Å². The average Bonchev–Trinajstić information content (AvgIpc) is 2.52. The predicted molar refractivity (Wildman–Crippen MR) is 74.5 cm³/mol. The molecule has 0 aliphatic heterocycles. The highest BCUT2D eigenvalue weighted by molar-refractivity contribution is 5.96. The molecule has 0 saturated carbocycles. The average molecular weight is 303 g/mol. The van der Waals surface area contributed by atoms with Crippen molar-refractivity contribution in [3.8, 4) is 11.1 Å². The largest absolute Gasteiger partial charge is 0.327 e. The van der Waals surface area contributed by atoms with Crippen molar-refractivity contribution >= 4 is 23.0 Å². The number of anilines is 1. The zero-order valence-corrected chi connectivity index (χ0v) is 11.0. The Kier molecular flexibility index (Phi) is 3.46. The van der Waals surface area contributed by atoms with Crippen LogP contribution in [0.4, 0.5) is 18.9 Å². The van der Waals surface area contributed by atoms with E-state index in [-0.39, 0.29) is 5.56 Å². The molecular weight excluding hydrogens is 295 g/mol. The number of carbonyl (C=O) groups is 1. The van der Waals surface area contributed by atoms with Gasteiger partial charge in [0.2, 0.25) is 6.41 Å². The zero-order valence-electron chi connectivity index (χ0n) is 11.0. The van der Waals surface area contributed by atoms with Gasteiger partial charge >= 0.3 is 0 Å². The lowest BCUT2D eigenvalue weighted by Crippen LogP contribution is -1.96. The highest BCUT2D eigenvalue weighted by atomic mass is 19.2. The van der Waals surface area contributed by atoms with E-state index in [9.17, 15) is 18.0 Å². The molecule has 0 atom stereocenters. The number of aromatic nitrogens is 2. The van der Waals surface area contributed by atoms with Crippen molar-refractivity contribution in [2.24, 2.45) is 0 Å². The van der Waals surface area contributed by atoms with Gasteiger partial charge < -0.3 is 5.32 Å². The van der Waals surface area contributed by atoms with Crippen molar-refractivity contribution in [3.05, 3.63) is 54.2 Å². The Morgan fingerprint density at radius 1 is 1.00 bits per heavy atom. The summed E-state index contributed by atoms with van der Waals surface area (Å²) in [5, 5.41) is 2.96. The number of hydrogen-bond acceptors (Lipinski definition) is 3. The first-order chi connectivity index (χ1) is 10.6. The number of nitrogens with zero attached hydrogens (tertiary/aromatic N) is 2. The minimum atomic E-state index is -1.53. The summed E-state index contributed by atoms with van der Waals surface area (Å²) in [6, 6.07) is 3.36. The SMILES string of the molecule is O=CNc1cnc2cncc(-c3cc(F)c(F)c(F)c3)c2c1. The van der Waals surface area contributed by atoms with E-state index in [1.807, 2.05) is 0 Å². The molecule has 4 nitrogen and oxygen atoms in total. The summed E-state index contributed by atoms with van der Waals surface area (Å²) >= 11 is 0. The molecule has 110 valence electrons. The molecule has 0 saturated heterocycles. The Hall–Kier alpha value is -2.96. The van der Waals surface area contributed by atoms with E-state index in [2.05, 4.69) is 15.3 Å². The van der Waals surface area contributed by atoms with E-state index in [1.165, 1.54) is 18.6 Å². The van der Waals surface area contributed by atoms with Gasteiger partial charge in [-0.1, -0.05) is 0 Å². The first kappa shape index (κ1) is 14.0. The Balaban J connectivity index is 2.26. The van der Waals surface area contributed by atoms with Crippen LogP contribution in [0.25, 0.3) is 22.0 Å². The summed E-state index contributed by atoms with van der Waals surface area (Å²) in [5.74, 6) is -4.11. The Labute approximate surface area is 122 Å². The first-order valence-corrected chi connectivity index (χ1v) is 6.19. The van der Waals surface area contributed by atoms with Crippen LogP contribution in [-0.2, 0) is 4.79 Å². The van der Waals surface area contributed by atoms with Crippen molar-refractivity contribution in [1.29, 1.82) is 0 Å². The molecule has 0 radical (unpaired) electrons. The van der Waals surface area contributed by atoms with Gasteiger partial charge in [-0.05, 0) is 23.8 Å². The third kappa shape index (κ3) is 2.37. The normalized spacial score (nSPS) is 10.7. The molecule has 0 aliphatic carbocycles. The van der Waals surface area contributed by atoms with E-state index in [1.54, 1.807) is 6.07 Å². The Morgan fingerprint density at radius 3 is 2.41 bits per heavy atom. The lowest BCUT2D eigenvalue weighted by Gasteiger charge is -2.08. The molecule has 22 heavy (non-hydrogen) atoms. The Morgan fingerprint density at radius 2 is 1.73 bits per heavy atom. The first-order valence-electron chi connectivity index (χ1n) is 6.19. The van der Waals surface area contributed by atoms with E-state index < -0.39 is 17.5 Å². The summed E-state index contributed by atoms with van der Waals surface area (Å²) in [4.78, 5) is 18.6. The fourth-order valence-corrected chi connectivity index (χ4v) is 2.13. The predicted octanol–water partition coefficient (Wildman–Crippen LogP) is 3.28. The van der Waals surface area contributed by atoms with Gasteiger partial charge in [0.1, 0.15) is 0 Å². The standard InChI is InChI=1S/C15H8F3N3O/c16-12-1-8(2-13(17)15(12)18)11-5-19-6-14-10(11)3-9(4-20-14)21-7-22/h1-7H,(H,21,22). The molecule has 3 rings (SSSR count). The Bertz CT molecular complexity index is 860. The third-order valence-corrected chi connectivity index (χ3v) is 3.13. The molecule has 1 aromatic carbocycles.